The summed E-state index contributed by atoms with van der Waals surface area (Å²) in [6, 6.07) is 13.6. The number of ether oxygens (including phenoxy) is 1. The predicted octanol–water partition coefficient (Wildman–Crippen LogP) is 3.13. The van der Waals surface area contributed by atoms with E-state index in [0.717, 1.165) is 4.90 Å². The molecule has 138 valence electrons. The van der Waals surface area contributed by atoms with Gasteiger partial charge >= 0.3 is 12.6 Å². The monoisotopic (exact) mass is 371 g/mol. The topological polar surface area (TPSA) is 82.4 Å². The Hall–Kier alpha value is -3.47. The zero-order valence-electron chi connectivity index (χ0n) is 14.3. The van der Waals surface area contributed by atoms with Crippen molar-refractivity contribution in [3.63, 3.8) is 0 Å². The normalized spacial score (nSPS) is 19.1. The van der Waals surface area contributed by atoms with Crippen molar-refractivity contribution in [2.75, 3.05) is 0 Å². The first-order chi connectivity index (χ1) is 12.8. The van der Waals surface area contributed by atoms with Crippen LogP contribution in [0.1, 0.15) is 23.6 Å². The highest BCUT2D eigenvalue weighted by Gasteiger charge is 2.48. The van der Waals surface area contributed by atoms with Crippen LogP contribution in [0.3, 0.4) is 0 Å². The predicted molar refractivity (Wildman–Crippen MR) is 90.7 cm³/mol. The fourth-order valence-corrected chi connectivity index (χ4v) is 2.93. The van der Waals surface area contributed by atoms with Crippen molar-refractivity contribution in [2.45, 2.75) is 25.6 Å². The Morgan fingerprint density at radius 1 is 1.22 bits per heavy atom. The molecule has 1 unspecified atom stereocenters. The van der Waals surface area contributed by atoms with Gasteiger partial charge in [-0.05, 0) is 42.3 Å². The molecule has 6 nitrogen and oxygen atoms in total. The number of nitriles is 1. The second-order valence-electron chi connectivity index (χ2n) is 6.16. The fraction of sp³-hybridized carbons (Fsp3) is 0.211. The molecular weight excluding hydrogens is 356 g/mol. The molecule has 1 atom stereocenters. The molecule has 8 heteroatoms. The molecule has 1 saturated heterocycles. The maximum absolute atomic E-state index is 12.9. The molecular formula is C19H15F2N3O3. The largest absolute Gasteiger partial charge is 0.435 e. The number of alkyl halides is 2. The smallest absolute Gasteiger partial charge is 0.387 e. The number of nitrogens with one attached hydrogen (secondary N) is 1. The number of hydrogen-bond donors (Lipinski definition) is 1. The van der Waals surface area contributed by atoms with Crippen molar-refractivity contribution in [3.05, 3.63) is 65.2 Å². The molecule has 3 rings (SSSR count). The quantitative estimate of drug-likeness (QED) is 0.819. The van der Waals surface area contributed by atoms with Crippen molar-refractivity contribution in [3.8, 4) is 11.8 Å². The average Bonchev–Trinajstić information content (AvgIpc) is 2.86. The fourth-order valence-electron chi connectivity index (χ4n) is 2.93. The number of carbonyl (C=O) groups is 2. The van der Waals surface area contributed by atoms with E-state index in [1.807, 2.05) is 6.07 Å². The lowest BCUT2D eigenvalue weighted by atomic mass is 9.92. The molecule has 0 radical (unpaired) electrons. The van der Waals surface area contributed by atoms with Gasteiger partial charge in [0.15, 0.2) is 0 Å². The molecule has 27 heavy (non-hydrogen) atoms. The third-order valence-electron chi connectivity index (χ3n) is 4.33. The summed E-state index contributed by atoms with van der Waals surface area (Å²) < 4.78 is 28.8. The summed E-state index contributed by atoms with van der Waals surface area (Å²) in [4.78, 5) is 26.3. The first-order valence-electron chi connectivity index (χ1n) is 8.02. The molecule has 1 aliphatic rings. The minimum Gasteiger partial charge on any atom is -0.435 e. The number of amides is 3. The molecule has 0 spiro atoms. The van der Waals surface area contributed by atoms with Crippen LogP contribution in [-0.2, 0) is 16.9 Å². The van der Waals surface area contributed by atoms with Crippen LogP contribution < -0.4 is 10.1 Å². The van der Waals surface area contributed by atoms with E-state index in [1.54, 1.807) is 31.2 Å². The Morgan fingerprint density at radius 3 is 2.56 bits per heavy atom. The van der Waals surface area contributed by atoms with E-state index in [-0.39, 0.29) is 12.3 Å². The van der Waals surface area contributed by atoms with E-state index >= 15 is 0 Å². The summed E-state index contributed by atoms with van der Waals surface area (Å²) in [5, 5.41) is 11.6. The molecule has 1 aliphatic heterocycles. The van der Waals surface area contributed by atoms with Gasteiger partial charge in [0.05, 0.1) is 18.2 Å². The average molecular weight is 371 g/mol. The van der Waals surface area contributed by atoms with Crippen LogP contribution in [0, 0.1) is 11.3 Å². The Balaban J connectivity index is 1.82. The molecule has 0 saturated carbocycles. The van der Waals surface area contributed by atoms with Gasteiger partial charge in [0.2, 0.25) is 0 Å². The molecule has 1 N–H and O–H groups in total. The molecule has 2 aromatic carbocycles. The van der Waals surface area contributed by atoms with Crippen molar-refractivity contribution in [1.29, 1.82) is 5.26 Å². The summed E-state index contributed by atoms with van der Waals surface area (Å²) in [6.07, 6.45) is 0. The van der Waals surface area contributed by atoms with Crippen LogP contribution in [0.25, 0.3) is 0 Å². The zero-order chi connectivity index (χ0) is 19.6. The van der Waals surface area contributed by atoms with Gasteiger partial charge in [-0.1, -0.05) is 24.3 Å². The number of halogens is 2. The molecule has 3 amide bonds. The third-order valence-corrected chi connectivity index (χ3v) is 4.33. The van der Waals surface area contributed by atoms with E-state index < -0.39 is 24.1 Å². The number of benzene rings is 2. The first-order valence-corrected chi connectivity index (χ1v) is 8.02. The standard InChI is InChI=1S/C19H15F2N3O3/c1-19(14-5-7-15(8-6-14)27-17(20)21)16(25)24(18(26)23-19)11-13-4-2-3-12(9-13)10-22/h2-9,17H,11H2,1H3,(H,23,26). The van der Waals surface area contributed by atoms with Gasteiger partial charge in [-0.2, -0.15) is 14.0 Å². The van der Waals surface area contributed by atoms with Gasteiger partial charge in [0.1, 0.15) is 11.3 Å². The Morgan fingerprint density at radius 2 is 1.93 bits per heavy atom. The van der Waals surface area contributed by atoms with E-state index in [1.165, 1.54) is 24.3 Å². The number of rotatable bonds is 5. The van der Waals surface area contributed by atoms with Crippen molar-refractivity contribution in [2.24, 2.45) is 0 Å². The second kappa shape index (κ2) is 7.03. The number of carbonyl (C=O) groups excluding carboxylic acids is 2. The summed E-state index contributed by atoms with van der Waals surface area (Å²) in [5.41, 5.74) is 0.183. The van der Waals surface area contributed by atoms with E-state index in [0.29, 0.717) is 16.7 Å². The number of nitrogens with zero attached hydrogens (tertiary/aromatic N) is 2. The highest BCUT2D eigenvalue weighted by molar-refractivity contribution is 6.07. The summed E-state index contributed by atoms with van der Waals surface area (Å²) in [6.45, 7) is -1.39. The molecule has 1 heterocycles. The summed E-state index contributed by atoms with van der Waals surface area (Å²) in [5.74, 6) is -0.517. The lowest BCUT2D eigenvalue weighted by molar-refractivity contribution is -0.131. The highest BCUT2D eigenvalue weighted by atomic mass is 19.3. The molecule has 2 aromatic rings. The Kier molecular flexibility index (Phi) is 4.77. The van der Waals surface area contributed by atoms with Crippen molar-refractivity contribution < 1.29 is 23.1 Å². The van der Waals surface area contributed by atoms with Gasteiger partial charge in [0, 0.05) is 0 Å². The maximum atomic E-state index is 12.9. The Bertz CT molecular complexity index is 925. The zero-order valence-corrected chi connectivity index (χ0v) is 14.3. The van der Waals surface area contributed by atoms with Gasteiger partial charge in [-0.25, -0.2) is 4.79 Å². The van der Waals surface area contributed by atoms with Crippen LogP contribution in [0.2, 0.25) is 0 Å². The van der Waals surface area contributed by atoms with Crippen LogP contribution in [0.15, 0.2) is 48.5 Å². The number of urea groups is 1. The third kappa shape index (κ3) is 3.58. The lowest BCUT2D eigenvalue weighted by Crippen LogP contribution is -2.40. The Labute approximate surface area is 154 Å². The molecule has 1 fully saturated rings. The SMILES string of the molecule is CC1(c2ccc(OC(F)F)cc2)NC(=O)N(Cc2cccc(C#N)c2)C1=O. The minimum absolute atomic E-state index is 0.0162. The van der Waals surface area contributed by atoms with E-state index in [4.69, 9.17) is 5.26 Å². The lowest BCUT2D eigenvalue weighted by Gasteiger charge is -2.22. The van der Waals surface area contributed by atoms with Crippen LogP contribution in [0.5, 0.6) is 5.75 Å². The number of hydrogen-bond acceptors (Lipinski definition) is 4. The van der Waals surface area contributed by atoms with Crippen LogP contribution >= 0.6 is 0 Å². The molecule has 0 aliphatic carbocycles. The molecule has 0 bridgehead atoms. The summed E-state index contributed by atoms with van der Waals surface area (Å²) in [7, 11) is 0. The van der Waals surface area contributed by atoms with Crippen molar-refractivity contribution in [1.82, 2.24) is 10.2 Å². The van der Waals surface area contributed by atoms with E-state index in [9.17, 15) is 18.4 Å². The van der Waals surface area contributed by atoms with Gasteiger partial charge < -0.3 is 10.1 Å². The number of imide groups is 1. The van der Waals surface area contributed by atoms with Gasteiger partial charge in [-0.3, -0.25) is 9.69 Å². The van der Waals surface area contributed by atoms with Crippen LogP contribution in [-0.4, -0.2) is 23.4 Å². The van der Waals surface area contributed by atoms with Crippen molar-refractivity contribution >= 4 is 11.9 Å². The second-order valence-corrected chi connectivity index (χ2v) is 6.16. The first kappa shape index (κ1) is 18.3. The van der Waals surface area contributed by atoms with E-state index in [2.05, 4.69) is 10.1 Å². The summed E-state index contributed by atoms with van der Waals surface area (Å²) >= 11 is 0. The minimum atomic E-state index is -2.95. The van der Waals surface area contributed by atoms with Gasteiger partial charge in [-0.15, -0.1) is 0 Å². The van der Waals surface area contributed by atoms with Crippen LogP contribution in [0.4, 0.5) is 13.6 Å². The maximum Gasteiger partial charge on any atom is 0.387 e. The van der Waals surface area contributed by atoms with Gasteiger partial charge in [0.25, 0.3) is 5.91 Å². The molecule has 0 aromatic heterocycles. The highest BCUT2D eigenvalue weighted by Crippen LogP contribution is 2.31.